The summed E-state index contributed by atoms with van der Waals surface area (Å²) in [6.45, 7) is 5.46. The molecule has 1 aromatic heterocycles. The van der Waals surface area contributed by atoms with Crippen LogP contribution < -0.4 is 0 Å². The van der Waals surface area contributed by atoms with Gasteiger partial charge in [0.05, 0.1) is 0 Å². The molecule has 0 spiro atoms. The Morgan fingerprint density at radius 3 is 2.42 bits per heavy atom. The molecule has 1 heterocycles. The second kappa shape index (κ2) is 5.72. The fourth-order valence-electron chi connectivity index (χ4n) is 0.597. The monoisotopic (exact) mass is 185 g/mol. The predicted octanol–water partition coefficient (Wildman–Crippen LogP) is 2.96. The van der Waals surface area contributed by atoms with Crippen molar-refractivity contribution < 1.29 is 4.79 Å². The molecule has 0 radical (unpaired) electrons. The highest BCUT2D eigenvalue weighted by molar-refractivity contribution is 6.30. The van der Waals surface area contributed by atoms with Crippen LogP contribution in [0.5, 0.6) is 0 Å². The average molecular weight is 186 g/mol. The lowest BCUT2D eigenvalue weighted by atomic mass is 10.3. The van der Waals surface area contributed by atoms with Gasteiger partial charge in [0.25, 0.3) is 0 Å². The van der Waals surface area contributed by atoms with E-state index in [4.69, 9.17) is 11.6 Å². The Morgan fingerprint density at radius 2 is 2.08 bits per heavy atom. The van der Waals surface area contributed by atoms with Gasteiger partial charge in [-0.25, -0.2) is 0 Å². The van der Waals surface area contributed by atoms with Gasteiger partial charge in [0.1, 0.15) is 5.69 Å². The molecule has 0 N–H and O–H groups in total. The number of hydrogen-bond acceptors (Lipinski definition) is 2. The van der Waals surface area contributed by atoms with Crippen LogP contribution in [-0.4, -0.2) is 10.8 Å². The van der Waals surface area contributed by atoms with E-state index in [0.29, 0.717) is 10.7 Å². The molecule has 0 atom stereocenters. The maximum atomic E-state index is 10.7. The quantitative estimate of drug-likeness (QED) is 0.630. The first-order valence-corrected chi connectivity index (χ1v) is 4.20. The van der Waals surface area contributed by atoms with E-state index in [1.54, 1.807) is 12.1 Å². The molecule has 3 heteroatoms. The van der Waals surface area contributed by atoms with Gasteiger partial charge in [-0.2, -0.15) is 0 Å². The van der Waals surface area contributed by atoms with Crippen LogP contribution in [0.3, 0.4) is 0 Å². The van der Waals surface area contributed by atoms with Crippen LogP contribution in [0.25, 0.3) is 0 Å². The molecule has 0 amide bonds. The second-order valence-electron chi connectivity index (χ2n) is 1.92. The Morgan fingerprint density at radius 1 is 1.50 bits per heavy atom. The van der Waals surface area contributed by atoms with Crippen molar-refractivity contribution in [1.29, 1.82) is 0 Å². The Kier molecular flexibility index (Phi) is 5.30. The Balaban J connectivity index is 0.000000561. The minimum absolute atomic E-state index is 0.0671. The van der Waals surface area contributed by atoms with Gasteiger partial charge in [-0.3, -0.25) is 9.78 Å². The summed E-state index contributed by atoms with van der Waals surface area (Å²) in [7, 11) is 0. The molecule has 0 aromatic carbocycles. The molecular weight excluding hydrogens is 174 g/mol. The average Bonchev–Trinajstić information content (AvgIpc) is 2.08. The third-order valence-corrected chi connectivity index (χ3v) is 1.32. The van der Waals surface area contributed by atoms with Gasteiger partial charge < -0.3 is 0 Å². The molecule has 0 aliphatic heterocycles. The van der Waals surface area contributed by atoms with Gasteiger partial charge in [-0.1, -0.05) is 25.4 Å². The third kappa shape index (κ3) is 3.49. The molecule has 1 rings (SSSR count). The summed E-state index contributed by atoms with van der Waals surface area (Å²) in [6.07, 6.45) is 1.51. The van der Waals surface area contributed by atoms with Gasteiger partial charge in [-0.05, 0) is 12.1 Å². The highest BCUT2D eigenvalue weighted by atomic mass is 35.5. The molecule has 0 saturated carbocycles. The van der Waals surface area contributed by atoms with Crippen molar-refractivity contribution in [1.82, 2.24) is 4.98 Å². The SMILES string of the molecule is CC.CC(=O)c1cc(Cl)ccn1. The minimum Gasteiger partial charge on any atom is -0.293 e. The minimum atomic E-state index is -0.0671. The first-order chi connectivity index (χ1) is 5.70. The molecule has 0 saturated heterocycles. The fourth-order valence-corrected chi connectivity index (χ4v) is 0.757. The largest absolute Gasteiger partial charge is 0.293 e. The van der Waals surface area contributed by atoms with Crippen LogP contribution >= 0.6 is 11.6 Å². The smallest absolute Gasteiger partial charge is 0.178 e. The summed E-state index contributed by atoms with van der Waals surface area (Å²) < 4.78 is 0. The maximum absolute atomic E-state index is 10.7. The Hall–Kier alpha value is -0.890. The van der Waals surface area contributed by atoms with Crippen LogP contribution in [0.1, 0.15) is 31.3 Å². The normalized spacial score (nSPS) is 8.33. The van der Waals surface area contributed by atoms with Gasteiger partial charge in [0, 0.05) is 18.1 Å². The van der Waals surface area contributed by atoms with Gasteiger partial charge in [0.15, 0.2) is 5.78 Å². The number of ketones is 1. The van der Waals surface area contributed by atoms with E-state index >= 15 is 0 Å². The topological polar surface area (TPSA) is 30.0 Å². The van der Waals surface area contributed by atoms with Crippen LogP contribution in [0.2, 0.25) is 5.02 Å². The number of halogens is 1. The molecule has 2 nitrogen and oxygen atoms in total. The maximum Gasteiger partial charge on any atom is 0.178 e. The first kappa shape index (κ1) is 11.1. The summed E-state index contributed by atoms with van der Waals surface area (Å²) in [5.41, 5.74) is 0.410. The molecule has 66 valence electrons. The summed E-state index contributed by atoms with van der Waals surface area (Å²) >= 11 is 5.60. The van der Waals surface area contributed by atoms with E-state index < -0.39 is 0 Å². The number of nitrogens with zero attached hydrogens (tertiary/aromatic N) is 1. The number of carbonyl (C=O) groups excluding carboxylic acids is 1. The summed E-state index contributed by atoms with van der Waals surface area (Å²) in [5.74, 6) is -0.0671. The summed E-state index contributed by atoms with van der Waals surface area (Å²) in [6, 6.07) is 3.18. The van der Waals surface area contributed by atoms with E-state index in [9.17, 15) is 4.79 Å². The Labute approximate surface area is 77.6 Å². The van der Waals surface area contributed by atoms with Crippen molar-refractivity contribution >= 4 is 17.4 Å². The number of aromatic nitrogens is 1. The van der Waals surface area contributed by atoms with Crippen molar-refractivity contribution in [2.45, 2.75) is 20.8 Å². The van der Waals surface area contributed by atoms with Crippen LogP contribution in [0, 0.1) is 0 Å². The Bertz CT molecular complexity index is 260. The van der Waals surface area contributed by atoms with Crippen LogP contribution in [0.15, 0.2) is 18.3 Å². The van der Waals surface area contributed by atoms with Gasteiger partial charge in [-0.15, -0.1) is 0 Å². The van der Waals surface area contributed by atoms with Crippen LogP contribution in [0.4, 0.5) is 0 Å². The molecule has 0 bridgehead atoms. The zero-order valence-electron chi connectivity index (χ0n) is 7.47. The van der Waals surface area contributed by atoms with Gasteiger partial charge in [0.2, 0.25) is 0 Å². The molecule has 1 aromatic rings. The van der Waals surface area contributed by atoms with Gasteiger partial charge >= 0.3 is 0 Å². The molecule has 0 unspecified atom stereocenters. The lowest BCUT2D eigenvalue weighted by Crippen LogP contribution is -1.94. The van der Waals surface area contributed by atoms with E-state index in [-0.39, 0.29) is 5.78 Å². The summed E-state index contributed by atoms with van der Waals surface area (Å²) in [4.78, 5) is 14.5. The number of pyridine rings is 1. The lowest BCUT2D eigenvalue weighted by Gasteiger charge is -1.92. The number of Topliss-reactive ketones (excluding diaryl/α,β-unsaturated/α-hetero) is 1. The van der Waals surface area contributed by atoms with Crippen molar-refractivity contribution in [3.05, 3.63) is 29.0 Å². The number of rotatable bonds is 1. The van der Waals surface area contributed by atoms with Crippen molar-refractivity contribution in [2.24, 2.45) is 0 Å². The van der Waals surface area contributed by atoms with E-state index in [1.165, 1.54) is 13.1 Å². The summed E-state index contributed by atoms with van der Waals surface area (Å²) in [5, 5.41) is 0.542. The van der Waals surface area contributed by atoms with E-state index in [0.717, 1.165) is 0 Å². The highest BCUT2D eigenvalue weighted by Gasteiger charge is 1.98. The second-order valence-corrected chi connectivity index (χ2v) is 2.35. The molecular formula is C9H12ClNO. The predicted molar refractivity (Wildman–Crippen MR) is 50.6 cm³/mol. The van der Waals surface area contributed by atoms with Crippen molar-refractivity contribution in [3.63, 3.8) is 0 Å². The molecule has 0 aliphatic carbocycles. The molecule has 0 fully saturated rings. The first-order valence-electron chi connectivity index (χ1n) is 3.82. The van der Waals surface area contributed by atoms with E-state index in [1.807, 2.05) is 13.8 Å². The lowest BCUT2D eigenvalue weighted by molar-refractivity contribution is 0.101. The van der Waals surface area contributed by atoms with Crippen LogP contribution in [-0.2, 0) is 0 Å². The highest BCUT2D eigenvalue weighted by Crippen LogP contribution is 2.07. The van der Waals surface area contributed by atoms with E-state index in [2.05, 4.69) is 4.98 Å². The van der Waals surface area contributed by atoms with Crippen molar-refractivity contribution in [2.75, 3.05) is 0 Å². The fraction of sp³-hybridized carbons (Fsp3) is 0.333. The zero-order valence-corrected chi connectivity index (χ0v) is 8.22. The number of carbonyl (C=O) groups is 1. The third-order valence-electron chi connectivity index (χ3n) is 1.08. The van der Waals surface area contributed by atoms with Crippen molar-refractivity contribution in [3.8, 4) is 0 Å². The molecule has 12 heavy (non-hydrogen) atoms. The zero-order chi connectivity index (χ0) is 9.56. The molecule has 0 aliphatic rings. The number of hydrogen-bond donors (Lipinski definition) is 0. The standard InChI is InChI=1S/C7H6ClNO.C2H6/c1-5(10)7-4-6(8)2-3-9-7;1-2/h2-4H,1H3;1-2H3.